The maximum absolute atomic E-state index is 10.3. The summed E-state index contributed by atoms with van der Waals surface area (Å²) < 4.78 is 0. The lowest BCUT2D eigenvalue weighted by molar-refractivity contribution is -0.138. The van der Waals surface area contributed by atoms with E-state index in [0.29, 0.717) is 6.42 Å². The third-order valence-corrected chi connectivity index (χ3v) is 1.93. The lowest BCUT2D eigenvalue weighted by Gasteiger charge is -2.09. The fraction of sp³-hybridized carbons (Fsp3) is 0.875. The number of carboxylic acids is 1. The molecule has 0 aromatic heterocycles. The first-order valence-electron chi connectivity index (χ1n) is 4.31. The highest BCUT2D eigenvalue weighted by Crippen LogP contribution is 2.03. The summed E-state index contributed by atoms with van der Waals surface area (Å²) in [6.45, 7) is 2.02. The third-order valence-electron chi connectivity index (χ3n) is 1.93. The van der Waals surface area contributed by atoms with E-state index >= 15 is 0 Å². The van der Waals surface area contributed by atoms with Crippen LogP contribution in [-0.2, 0) is 4.79 Å². The summed E-state index contributed by atoms with van der Waals surface area (Å²) >= 11 is 0. The van der Waals surface area contributed by atoms with E-state index in [4.69, 9.17) is 16.6 Å². The second-order valence-electron chi connectivity index (χ2n) is 3.04. The number of nitrogens with two attached hydrogens (primary N) is 2. The molecule has 0 aromatic rings. The molecule has 0 aliphatic heterocycles. The van der Waals surface area contributed by atoms with Crippen LogP contribution in [0.3, 0.4) is 0 Å². The number of rotatable bonds is 6. The summed E-state index contributed by atoms with van der Waals surface area (Å²) in [7, 11) is 0. The Morgan fingerprint density at radius 2 is 2.00 bits per heavy atom. The topological polar surface area (TPSA) is 89.3 Å². The molecule has 0 saturated heterocycles. The molecule has 5 N–H and O–H groups in total. The van der Waals surface area contributed by atoms with E-state index in [9.17, 15) is 4.79 Å². The SMILES string of the molecule is CCC(N)CCC[C@H](N)C(=O)O. The minimum absolute atomic E-state index is 0.186. The van der Waals surface area contributed by atoms with Crippen molar-refractivity contribution in [3.8, 4) is 0 Å². The van der Waals surface area contributed by atoms with E-state index in [0.717, 1.165) is 19.3 Å². The number of carboxylic acid groups (broad SMARTS) is 1. The first-order chi connectivity index (χ1) is 5.57. The maximum Gasteiger partial charge on any atom is 0.320 e. The smallest absolute Gasteiger partial charge is 0.320 e. The predicted molar refractivity (Wildman–Crippen MR) is 47.7 cm³/mol. The molecule has 0 spiro atoms. The van der Waals surface area contributed by atoms with Crippen LogP contribution in [0.1, 0.15) is 32.6 Å². The van der Waals surface area contributed by atoms with Gasteiger partial charge < -0.3 is 16.6 Å². The highest BCUT2D eigenvalue weighted by Gasteiger charge is 2.10. The molecule has 4 nitrogen and oxygen atoms in total. The molecule has 0 amide bonds. The Balaban J connectivity index is 3.37. The van der Waals surface area contributed by atoms with E-state index in [1.807, 2.05) is 6.92 Å². The van der Waals surface area contributed by atoms with E-state index < -0.39 is 12.0 Å². The van der Waals surface area contributed by atoms with E-state index in [2.05, 4.69) is 0 Å². The van der Waals surface area contributed by atoms with Gasteiger partial charge in [-0.3, -0.25) is 4.79 Å². The Hall–Kier alpha value is -0.610. The molecule has 0 radical (unpaired) electrons. The second kappa shape index (κ2) is 5.97. The first kappa shape index (κ1) is 11.4. The van der Waals surface area contributed by atoms with Gasteiger partial charge in [0.05, 0.1) is 0 Å². The van der Waals surface area contributed by atoms with Crippen molar-refractivity contribution in [3.05, 3.63) is 0 Å². The van der Waals surface area contributed by atoms with Gasteiger partial charge in [0.2, 0.25) is 0 Å². The normalized spacial score (nSPS) is 15.6. The molecule has 2 atom stereocenters. The van der Waals surface area contributed by atoms with Crippen molar-refractivity contribution >= 4 is 5.97 Å². The molecule has 0 aliphatic carbocycles. The van der Waals surface area contributed by atoms with Crippen LogP contribution in [0, 0.1) is 0 Å². The molecule has 0 heterocycles. The fourth-order valence-electron chi connectivity index (χ4n) is 0.928. The quantitative estimate of drug-likeness (QED) is 0.540. The van der Waals surface area contributed by atoms with Crippen LogP contribution >= 0.6 is 0 Å². The van der Waals surface area contributed by atoms with E-state index in [1.54, 1.807) is 0 Å². The van der Waals surface area contributed by atoms with Crippen LogP contribution in [0.2, 0.25) is 0 Å². The Morgan fingerprint density at radius 3 is 2.42 bits per heavy atom. The number of hydrogen-bond donors (Lipinski definition) is 3. The lowest BCUT2D eigenvalue weighted by atomic mass is 10.1. The molecule has 0 fully saturated rings. The average Bonchev–Trinajstić information content (AvgIpc) is 2.03. The van der Waals surface area contributed by atoms with Crippen LogP contribution < -0.4 is 11.5 Å². The van der Waals surface area contributed by atoms with Gasteiger partial charge in [0.25, 0.3) is 0 Å². The highest BCUT2D eigenvalue weighted by atomic mass is 16.4. The van der Waals surface area contributed by atoms with Crippen LogP contribution in [0.4, 0.5) is 0 Å². The third kappa shape index (κ3) is 5.09. The van der Waals surface area contributed by atoms with Gasteiger partial charge in [-0.2, -0.15) is 0 Å². The van der Waals surface area contributed by atoms with Crippen molar-refractivity contribution in [1.29, 1.82) is 0 Å². The van der Waals surface area contributed by atoms with Crippen molar-refractivity contribution in [2.45, 2.75) is 44.7 Å². The van der Waals surface area contributed by atoms with Gasteiger partial charge in [0.15, 0.2) is 0 Å². The summed E-state index contributed by atoms with van der Waals surface area (Å²) in [4.78, 5) is 10.3. The number of carbonyl (C=O) groups is 1. The van der Waals surface area contributed by atoms with Gasteiger partial charge in [0.1, 0.15) is 6.04 Å². The summed E-state index contributed by atoms with van der Waals surface area (Å²) in [5.74, 6) is -0.930. The van der Waals surface area contributed by atoms with Gasteiger partial charge in [0, 0.05) is 6.04 Å². The zero-order chi connectivity index (χ0) is 9.56. The van der Waals surface area contributed by atoms with Crippen LogP contribution in [0.25, 0.3) is 0 Å². The Labute approximate surface area is 72.9 Å². The molecular weight excluding hydrogens is 156 g/mol. The molecule has 72 valence electrons. The molecule has 1 unspecified atom stereocenters. The summed E-state index contributed by atoms with van der Waals surface area (Å²) in [5.41, 5.74) is 11.0. The minimum Gasteiger partial charge on any atom is -0.480 e. The van der Waals surface area contributed by atoms with Crippen molar-refractivity contribution in [3.63, 3.8) is 0 Å². The van der Waals surface area contributed by atoms with E-state index in [1.165, 1.54) is 0 Å². The predicted octanol–water partition coefficient (Wildman–Crippen LogP) is 0.306. The number of hydrogen-bond acceptors (Lipinski definition) is 3. The van der Waals surface area contributed by atoms with Gasteiger partial charge in [-0.25, -0.2) is 0 Å². The summed E-state index contributed by atoms with van der Waals surface area (Å²) in [6, 6.07) is -0.542. The van der Waals surface area contributed by atoms with Crippen molar-refractivity contribution in [2.24, 2.45) is 11.5 Å². The lowest BCUT2D eigenvalue weighted by Crippen LogP contribution is -2.30. The van der Waals surface area contributed by atoms with Crippen molar-refractivity contribution in [2.75, 3.05) is 0 Å². The first-order valence-corrected chi connectivity index (χ1v) is 4.31. The van der Waals surface area contributed by atoms with E-state index in [-0.39, 0.29) is 6.04 Å². The summed E-state index contributed by atoms with van der Waals surface area (Å²) in [5, 5.41) is 8.45. The minimum atomic E-state index is -0.930. The van der Waals surface area contributed by atoms with Crippen molar-refractivity contribution < 1.29 is 9.90 Å². The molecule has 4 heteroatoms. The maximum atomic E-state index is 10.3. The summed E-state index contributed by atoms with van der Waals surface area (Å²) in [6.07, 6.45) is 3.10. The van der Waals surface area contributed by atoms with Crippen molar-refractivity contribution in [1.82, 2.24) is 0 Å². The highest BCUT2D eigenvalue weighted by molar-refractivity contribution is 5.72. The zero-order valence-corrected chi connectivity index (χ0v) is 7.49. The van der Waals surface area contributed by atoms with Crippen LogP contribution in [0.15, 0.2) is 0 Å². The molecular formula is C8H18N2O2. The van der Waals surface area contributed by atoms with Crippen LogP contribution in [-0.4, -0.2) is 23.2 Å². The Morgan fingerprint density at radius 1 is 1.42 bits per heavy atom. The standard InChI is InChI=1S/C8H18N2O2/c1-2-6(9)4-3-5-7(10)8(11)12/h6-7H,2-5,9-10H2,1H3,(H,11,12)/t6?,7-/m0/s1. The fourth-order valence-corrected chi connectivity index (χ4v) is 0.928. The van der Waals surface area contributed by atoms with Crippen LogP contribution in [0.5, 0.6) is 0 Å². The monoisotopic (exact) mass is 174 g/mol. The zero-order valence-electron chi connectivity index (χ0n) is 7.49. The van der Waals surface area contributed by atoms with Gasteiger partial charge >= 0.3 is 5.97 Å². The number of aliphatic carboxylic acids is 1. The van der Waals surface area contributed by atoms with Gasteiger partial charge in [-0.05, 0) is 25.7 Å². The van der Waals surface area contributed by atoms with Gasteiger partial charge in [-0.15, -0.1) is 0 Å². The largest absolute Gasteiger partial charge is 0.480 e. The molecule has 0 rings (SSSR count). The molecule has 0 aromatic carbocycles. The molecule has 0 saturated carbocycles. The second-order valence-corrected chi connectivity index (χ2v) is 3.04. The van der Waals surface area contributed by atoms with Gasteiger partial charge in [-0.1, -0.05) is 6.92 Å². The average molecular weight is 174 g/mol. The Bertz CT molecular complexity index is 139. The molecule has 0 bridgehead atoms. The Kier molecular flexibility index (Phi) is 5.66. The molecule has 0 aliphatic rings. The molecule has 12 heavy (non-hydrogen) atoms.